The van der Waals surface area contributed by atoms with Gasteiger partial charge >= 0.3 is 0 Å². The zero-order chi connectivity index (χ0) is 15.0. The van der Waals surface area contributed by atoms with E-state index in [2.05, 4.69) is 23.7 Å². The Kier molecular flexibility index (Phi) is 7.19. The molecule has 1 atom stereocenters. The average Bonchev–Trinajstić information content (AvgIpc) is 2.72. The minimum atomic E-state index is -0.812. The van der Waals surface area contributed by atoms with Crippen LogP contribution in [0.2, 0.25) is 0 Å². The summed E-state index contributed by atoms with van der Waals surface area (Å²) in [5, 5.41) is 15.7. The van der Waals surface area contributed by atoms with E-state index in [4.69, 9.17) is 10.9 Å². The van der Waals surface area contributed by atoms with E-state index < -0.39 is 5.41 Å². The van der Waals surface area contributed by atoms with E-state index in [0.717, 1.165) is 32.1 Å². The van der Waals surface area contributed by atoms with Crippen LogP contribution >= 0.6 is 11.8 Å². The van der Waals surface area contributed by atoms with Crippen molar-refractivity contribution >= 4 is 23.5 Å². The van der Waals surface area contributed by atoms with Crippen LogP contribution in [0.4, 0.5) is 0 Å². The quantitative estimate of drug-likeness (QED) is 0.231. The fourth-order valence-corrected chi connectivity index (χ4v) is 3.06. The molecule has 0 aliphatic heterocycles. The highest BCUT2D eigenvalue weighted by Crippen LogP contribution is 2.35. The van der Waals surface area contributed by atoms with E-state index in [1.165, 1.54) is 0 Å². The van der Waals surface area contributed by atoms with Gasteiger partial charge in [0.2, 0.25) is 5.91 Å². The molecule has 0 heterocycles. The van der Waals surface area contributed by atoms with Crippen molar-refractivity contribution in [2.75, 3.05) is 12.8 Å². The molecule has 5 nitrogen and oxygen atoms in total. The number of amides is 1. The van der Waals surface area contributed by atoms with E-state index in [-0.39, 0.29) is 11.7 Å². The zero-order valence-electron chi connectivity index (χ0n) is 12.5. The number of nitrogens with zero attached hydrogens (tertiary/aromatic N) is 1. The van der Waals surface area contributed by atoms with Crippen LogP contribution in [0.5, 0.6) is 0 Å². The number of hydrogen-bond acceptors (Lipinski definition) is 4. The second kappa shape index (κ2) is 8.39. The molecule has 4 N–H and O–H groups in total. The standard InChI is InChI=1S/C14H27N3O2S/c1-11(20-2)7-10-16-13(18)14(12(15)17-19)8-5-3-4-6-9-14/h11,19H,3-10H2,1-2H3,(H2,15,17)(H,16,18). The number of carbonyl (C=O) groups excluding carboxylic acids is 1. The lowest BCUT2D eigenvalue weighted by atomic mass is 9.78. The first-order chi connectivity index (χ1) is 9.56. The summed E-state index contributed by atoms with van der Waals surface area (Å²) in [7, 11) is 0. The second-order valence-electron chi connectivity index (χ2n) is 5.57. The van der Waals surface area contributed by atoms with E-state index in [1.807, 2.05) is 0 Å². The van der Waals surface area contributed by atoms with Gasteiger partial charge in [-0.25, -0.2) is 0 Å². The van der Waals surface area contributed by atoms with Gasteiger partial charge in [0.25, 0.3) is 0 Å². The molecule has 1 saturated carbocycles. The summed E-state index contributed by atoms with van der Waals surface area (Å²) < 4.78 is 0. The summed E-state index contributed by atoms with van der Waals surface area (Å²) in [6.07, 6.45) is 8.46. The fourth-order valence-electron chi connectivity index (χ4n) is 2.70. The van der Waals surface area contributed by atoms with E-state index >= 15 is 0 Å². The number of amidine groups is 1. The van der Waals surface area contributed by atoms with E-state index in [1.54, 1.807) is 11.8 Å². The first-order valence-electron chi connectivity index (χ1n) is 7.36. The van der Waals surface area contributed by atoms with Crippen molar-refractivity contribution in [1.82, 2.24) is 5.32 Å². The predicted octanol–water partition coefficient (Wildman–Crippen LogP) is 2.33. The highest BCUT2D eigenvalue weighted by molar-refractivity contribution is 7.99. The molecule has 1 unspecified atom stereocenters. The number of oxime groups is 1. The maximum Gasteiger partial charge on any atom is 0.233 e. The molecule has 6 heteroatoms. The Morgan fingerprint density at radius 1 is 1.40 bits per heavy atom. The van der Waals surface area contributed by atoms with Gasteiger partial charge in [0.05, 0.1) is 0 Å². The van der Waals surface area contributed by atoms with E-state index in [9.17, 15) is 4.79 Å². The Bertz CT molecular complexity index is 339. The van der Waals surface area contributed by atoms with Gasteiger partial charge in [-0.1, -0.05) is 37.8 Å². The van der Waals surface area contributed by atoms with Gasteiger partial charge in [-0.3, -0.25) is 4.79 Å². The fraction of sp³-hybridized carbons (Fsp3) is 0.857. The number of nitrogens with one attached hydrogen (secondary N) is 1. The van der Waals surface area contributed by atoms with Crippen LogP contribution in [0, 0.1) is 5.41 Å². The topological polar surface area (TPSA) is 87.7 Å². The molecule has 116 valence electrons. The predicted molar refractivity (Wildman–Crippen MR) is 84.1 cm³/mol. The van der Waals surface area contributed by atoms with Gasteiger partial charge in [0, 0.05) is 11.8 Å². The molecule has 0 aromatic carbocycles. The van der Waals surface area contributed by atoms with Crippen molar-refractivity contribution in [3.05, 3.63) is 0 Å². The summed E-state index contributed by atoms with van der Waals surface area (Å²) in [6, 6.07) is 0. The summed E-state index contributed by atoms with van der Waals surface area (Å²) in [5.74, 6) is -0.0159. The van der Waals surface area contributed by atoms with Gasteiger partial charge in [-0.2, -0.15) is 11.8 Å². The average molecular weight is 301 g/mol. The van der Waals surface area contributed by atoms with Gasteiger partial charge in [-0.15, -0.1) is 0 Å². The molecule has 20 heavy (non-hydrogen) atoms. The second-order valence-corrected chi connectivity index (χ2v) is 6.85. The minimum Gasteiger partial charge on any atom is -0.409 e. The van der Waals surface area contributed by atoms with Crippen LogP contribution in [-0.2, 0) is 4.79 Å². The Balaban J connectivity index is 2.70. The summed E-state index contributed by atoms with van der Waals surface area (Å²) >= 11 is 1.79. The van der Waals surface area contributed by atoms with Crippen molar-refractivity contribution < 1.29 is 10.0 Å². The Labute approximate surface area is 125 Å². The first-order valence-corrected chi connectivity index (χ1v) is 8.64. The zero-order valence-corrected chi connectivity index (χ0v) is 13.3. The number of carbonyl (C=O) groups is 1. The molecule has 0 aromatic heterocycles. The Morgan fingerprint density at radius 2 is 2.00 bits per heavy atom. The van der Waals surface area contributed by atoms with Gasteiger partial charge < -0.3 is 16.3 Å². The number of nitrogens with two attached hydrogens (primary N) is 1. The molecule has 1 fully saturated rings. The maximum absolute atomic E-state index is 12.6. The highest BCUT2D eigenvalue weighted by Gasteiger charge is 2.42. The molecule has 1 amide bonds. The van der Waals surface area contributed by atoms with Gasteiger partial charge in [-0.05, 0) is 25.5 Å². The lowest BCUT2D eigenvalue weighted by molar-refractivity contribution is -0.128. The monoisotopic (exact) mass is 301 g/mol. The minimum absolute atomic E-state index is 0.0646. The molecule has 0 bridgehead atoms. The third-order valence-corrected chi connectivity index (χ3v) is 5.27. The molecule has 1 aliphatic rings. The number of rotatable bonds is 6. The van der Waals surface area contributed by atoms with Gasteiger partial charge in [0.15, 0.2) is 5.84 Å². The Morgan fingerprint density at radius 3 is 2.50 bits per heavy atom. The van der Waals surface area contributed by atoms with Crippen LogP contribution in [0.25, 0.3) is 0 Å². The number of thioether (sulfide) groups is 1. The van der Waals surface area contributed by atoms with Crippen molar-refractivity contribution in [3.63, 3.8) is 0 Å². The van der Waals surface area contributed by atoms with Crippen molar-refractivity contribution in [3.8, 4) is 0 Å². The molecular formula is C14H27N3O2S. The van der Waals surface area contributed by atoms with Crippen LogP contribution in [0.1, 0.15) is 51.9 Å². The van der Waals surface area contributed by atoms with Crippen LogP contribution < -0.4 is 11.1 Å². The largest absolute Gasteiger partial charge is 0.409 e. The Hall–Kier alpha value is -0.910. The van der Waals surface area contributed by atoms with E-state index in [0.29, 0.717) is 24.6 Å². The molecule has 0 saturated heterocycles. The highest BCUT2D eigenvalue weighted by atomic mass is 32.2. The molecule has 1 rings (SSSR count). The lowest BCUT2D eigenvalue weighted by Crippen LogP contribution is -2.50. The van der Waals surface area contributed by atoms with Crippen molar-refractivity contribution in [2.45, 2.75) is 57.1 Å². The van der Waals surface area contributed by atoms with Crippen molar-refractivity contribution in [1.29, 1.82) is 0 Å². The van der Waals surface area contributed by atoms with Crippen LogP contribution in [0.15, 0.2) is 5.16 Å². The molecule has 0 radical (unpaired) electrons. The molecule has 0 spiro atoms. The summed E-state index contributed by atoms with van der Waals surface area (Å²) in [5.41, 5.74) is 5.03. The normalized spacial score (nSPS) is 21.0. The van der Waals surface area contributed by atoms with Gasteiger partial charge in [0.1, 0.15) is 5.41 Å². The number of hydrogen-bond donors (Lipinski definition) is 3. The summed E-state index contributed by atoms with van der Waals surface area (Å²) in [4.78, 5) is 12.6. The lowest BCUT2D eigenvalue weighted by Gasteiger charge is -2.30. The summed E-state index contributed by atoms with van der Waals surface area (Å²) in [6.45, 7) is 2.78. The maximum atomic E-state index is 12.6. The SMILES string of the molecule is CSC(C)CCNC(=O)C1(C(N)=NO)CCCCCC1. The third kappa shape index (κ3) is 4.30. The van der Waals surface area contributed by atoms with Crippen LogP contribution in [-0.4, -0.2) is 35.0 Å². The molecular weight excluding hydrogens is 274 g/mol. The first kappa shape index (κ1) is 17.1. The molecule has 0 aromatic rings. The molecule has 1 aliphatic carbocycles. The van der Waals surface area contributed by atoms with Crippen LogP contribution in [0.3, 0.4) is 0 Å². The third-order valence-electron chi connectivity index (χ3n) is 4.23. The smallest absolute Gasteiger partial charge is 0.233 e. The van der Waals surface area contributed by atoms with Crippen molar-refractivity contribution in [2.24, 2.45) is 16.3 Å².